The number of fused-ring (bicyclic) bond motifs is 4. The van der Waals surface area contributed by atoms with E-state index in [4.69, 9.17) is 23.2 Å². The predicted molar refractivity (Wildman–Crippen MR) is 173 cm³/mol. The van der Waals surface area contributed by atoms with Gasteiger partial charge in [-0.2, -0.15) is 23.2 Å². The molecular formula is C35H27Cl2F3N4O6. The van der Waals surface area contributed by atoms with Crippen LogP contribution in [0.1, 0.15) is 41.0 Å². The summed E-state index contributed by atoms with van der Waals surface area (Å²) in [5.74, 6) is -9.03. The third-order valence-corrected chi connectivity index (χ3v) is 10.9. The van der Waals surface area contributed by atoms with Crippen LogP contribution in [0.4, 0.5) is 19.0 Å². The molecule has 10 nitrogen and oxygen atoms in total. The molecule has 0 radical (unpaired) electrons. The molecule has 2 aromatic carbocycles. The lowest BCUT2D eigenvalue weighted by atomic mass is 9.49. The van der Waals surface area contributed by atoms with E-state index in [2.05, 4.69) is 17.0 Å². The van der Waals surface area contributed by atoms with Crippen molar-refractivity contribution in [2.24, 2.45) is 23.7 Å². The number of amides is 4. The molecule has 7 rings (SSSR count). The third kappa shape index (κ3) is 4.85. The predicted octanol–water partition coefficient (Wildman–Crippen LogP) is 6.22. The summed E-state index contributed by atoms with van der Waals surface area (Å²) in [6, 6.07) is 11.8. The van der Waals surface area contributed by atoms with Gasteiger partial charge in [-0.3, -0.25) is 29.8 Å². The minimum atomic E-state index is -4.76. The van der Waals surface area contributed by atoms with Gasteiger partial charge in [-0.25, -0.2) is 4.98 Å². The smallest absolute Gasteiger partial charge is 0.417 e. The fourth-order valence-corrected chi connectivity index (χ4v) is 8.61. The molecule has 0 unspecified atom stereocenters. The zero-order chi connectivity index (χ0) is 35.9. The van der Waals surface area contributed by atoms with Gasteiger partial charge in [0, 0.05) is 22.7 Å². The lowest BCUT2D eigenvalue weighted by molar-refractivity contribution is -0.173. The highest BCUT2D eigenvalue weighted by atomic mass is 35.5. The van der Waals surface area contributed by atoms with Gasteiger partial charge in [0.05, 0.1) is 33.8 Å². The van der Waals surface area contributed by atoms with E-state index < -0.39 is 81.2 Å². The topological polar surface area (TPSA) is 140 Å². The summed E-state index contributed by atoms with van der Waals surface area (Å²) in [7, 11) is 0. The summed E-state index contributed by atoms with van der Waals surface area (Å²) in [6.45, 7) is 3.76. The number of benzene rings is 2. The van der Waals surface area contributed by atoms with Crippen molar-refractivity contribution in [2.75, 3.05) is 5.43 Å². The van der Waals surface area contributed by atoms with Crippen LogP contribution in [0.3, 0.4) is 0 Å². The molecule has 3 heterocycles. The standard InChI is InChI=1S/C35H27Cl2F3N4O6/c1-2-4-16-5-3-6-22(28(16)45)27-20-11-12-21-26(32(48)44(50)30(21)46)23(20)14-24-31(47)43(33(49)34(24,27)17-7-9-19(36)10-8-17)42-29-25(37)13-18(15-41-29)35(38,39)40/h2-3,5-11,13,15,21,23-24,26-27,45,50H,1,4,12,14H2,(H,41,42)/t21-,23+,24-,26-,27+,34+/m0/s1. The Balaban J connectivity index is 1.47. The molecule has 258 valence electrons. The first kappa shape index (κ1) is 33.8. The second-order valence-electron chi connectivity index (χ2n) is 12.8. The lowest BCUT2D eigenvalue weighted by Gasteiger charge is -2.50. The average Bonchev–Trinajstić information content (AvgIpc) is 3.43. The summed E-state index contributed by atoms with van der Waals surface area (Å²) >= 11 is 12.5. The molecule has 2 aliphatic carbocycles. The Morgan fingerprint density at radius 1 is 1.04 bits per heavy atom. The molecule has 1 aromatic heterocycles. The monoisotopic (exact) mass is 726 g/mol. The molecule has 6 atom stereocenters. The fraction of sp³-hybridized carbons (Fsp3) is 0.286. The molecule has 2 aliphatic heterocycles. The van der Waals surface area contributed by atoms with E-state index in [9.17, 15) is 37.9 Å². The molecule has 0 spiro atoms. The lowest BCUT2D eigenvalue weighted by Crippen LogP contribution is -2.53. The molecule has 15 heteroatoms. The van der Waals surface area contributed by atoms with E-state index in [1.807, 2.05) is 0 Å². The molecule has 3 N–H and O–H groups in total. The molecule has 1 saturated carbocycles. The van der Waals surface area contributed by atoms with Gasteiger partial charge in [0.15, 0.2) is 5.82 Å². The van der Waals surface area contributed by atoms with Crippen molar-refractivity contribution in [3.8, 4) is 5.75 Å². The molecule has 4 aliphatic rings. The molecule has 3 fully saturated rings. The number of nitrogens with zero attached hydrogens (tertiary/aromatic N) is 3. The van der Waals surface area contributed by atoms with Crippen LogP contribution >= 0.6 is 23.2 Å². The van der Waals surface area contributed by atoms with Gasteiger partial charge in [-0.15, -0.1) is 6.58 Å². The number of phenols is 1. The van der Waals surface area contributed by atoms with Crippen molar-refractivity contribution < 1.29 is 42.7 Å². The van der Waals surface area contributed by atoms with Crippen LogP contribution in [-0.2, 0) is 37.2 Å². The number of nitrogens with one attached hydrogen (secondary N) is 1. The molecule has 2 saturated heterocycles. The Kier molecular flexibility index (Phi) is 8.08. The van der Waals surface area contributed by atoms with Crippen LogP contribution in [0.15, 0.2) is 79.0 Å². The number of imide groups is 2. The number of rotatable bonds is 6. The maximum Gasteiger partial charge on any atom is 0.417 e. The number of hydrazine groups is 1. The highest BCUT2D eigenvalue weighted by molar-refractivity contribution is 6.33. The summed E-state index contributed by atoms with van der Waals surface area (Å²) in [4.78, 5) is 59.8. The van der Waals surface area contributed by atoms with Crippen LogP contribution in [0, 0.1) is 23.7 Å². The van der Waals surface area contributed by atoms with Gasteiger partial charge < -0.3 is 5.11 Å². The SMILES string of the molecule is C=CCc1cccc([C@H]2C3=CC[C@@H]4C(=O)N(O)C(=O)[C@@H]4[C@@H]3C[C@H]3C(=O)N(Nc4ncc(C(F)(F)F)cc4Cl)C(=O)[C@@]23c2ccc(Cl)cc2)c1O. The number of para-hydroxylation sites is 1. The Hall–Kier alpha value is -4.72. The van der Waals surface area contributed by atoms with Crippen molar-refractivity contribution in [3.05, 3.63) is 111 Å². The largest absolute Gasteiger partial charge is 0.507 e. The minimum Gasteiger partial charge on any atom is -0.507 e. The van der Waals surface area contributed by atoms with Gasteiger partial charge in [0.2, 0.25) is 0 Å². The number of pyridine rings is 1. The van der Waals surface area contributed by atoms with Gasteiger partial charge in [0.1, 0.15) is 5.75 Å². The van der Waals surface area contributed by atoms with Crippen LogP contribution in [0.5, 0.6) is 5.75 Å². The number of allylic oxidation sites excluding steroid dienone is 3. The number of phenolic OH excluding ortho intramolecular Hbond substituents is 1. The van der Waals surface area contributed by atoms with Crippen molar-refractivity contribution in [1.29, 1.82) is 0 Å². The first-order valence-electron chi connectivity index (χ1n) is 15.5. The molecule has 3 aromatic rings. The number of halogens is 5. The number of aromatic hydroxyl groups is 1. The first-order valence-corrected chi connectivity index (χ1v) is 16.3. The van der Waals surface area contributed by atoms with Crippen molar-refractivity contribution >= 4 is 52.6 Å². The van der Waals surface area contributed by atoms with E-state index in [1.165, 1.54) is 12.1 Å². The number of hydroxylamine groups is 2. The van der Waals surface area contributed by atoms with Gasteiger partial charge in [0.25, 0.3) is 23.6 Å². The minimum absolute atomic E-state index is 0.0400. The average molecular weight is 728 g/mol. The number of carbonyl (C=O) groups is 4. The first-order chi connectivity index (χ1) is 23.7. The third-order valence-electron chi connectivity index (χ3n) is 10.4. The quantitative estimate of drug-likeness (QED) is 0.155. The molecule has 50 heavy (non-hydrogen) atoms. The van der Waals surface area contributed by atoms with Crippen LogP contribution < -0.4 is 5.43 Å². The van der Waals surface area contributed by atoms with E-state index in [1.54, 1.807) is 42.5 Å². The number of aromatic nitrogens is 1. The Bertz CT molecular complexity index is 2020. The van der Waals surface area contributed by atoms with Crippen molar-refractivity contribution in [3.63, 3.8) is 0 Å². The summed E-state index contributed by atoms with van der Waals surface area (Å²) < 4.78 is 40.1. The Morgan fingerprint density at radius 3 is 2.42 bits per heavy atom. The highest BCUT2D eigenvalue weighted by Gasteiger charge is 2.70. The molecule has 0 bridgehead atoms. The number of hydrogen-bond acceptors (Lipinski definition) is 8. The maximum absolute atomic E-state index is 15.1. The highest BCUT2D eigenvalue weighted by Crippen LogP contribution is 2.65. The Labute approximate surface area is 292 Å². The number of carbonyl (C=O) groups excluding carboxylic acids is 4. The number of hydrogen-bond donors (Lipinski definition) is 3. The van der Waals surface area contributed by atoms with Gasteiger partial charge in [-0.1, -0.05) is 71.3 Å². The summed E-state index contributed by atoms with van der Waals surface area (Å²) in [5, 5.41) is 22.7. The Morgan fingerprint density at radius 2 is 1.76 bits per heavy atom. The second-order valence-corrected chi connectivity index (χ2v) is 13.6. The number of anilines is 1. The summed E-state index contributed by atoms with van der Waals surface area (Å²) in [6.07, 6.45) is -0.779. The fourth-order valence-electron chi connectivity index (χ4n) is 8.28. The van der Waals surface area contributed by atoms with Crippen LogP contribution in [0.25, 0.3) is 0 Å². The maximum atomic E-state index is 15.1. The zero-order valence-electron chi connectivity index (χ0n) is 25.8. The normalized spacial score (nSPS) is 27.6. The van der Waals surface area contributed by atoms with E-state index in [-0.39, 0.29) is 35.6 Å². The van der Waals surface area contributed by atoms with Gasteiger partial charge >= 0.3 is 6.18 Å². The van der Waals surface area contributed by atoms with Gasteiger partial charge in [-0.05, 0) is 54.5 Å². The van der Waals surface area contributed by atoms with E-state index >= 15 is 4.79 Å². The van der Waals surface area contributed by atoms with E-state index in [0.29, 0.717) is 39.0 Å². The molecular weight excluding hydrogens is 700 g/mol. The summed E-state index contributed by atoms with van der Waals surface area (Å²) in [5.41, 5.74) is 1.15. The van der Waals surface area contributed by atoms with E-state index in [0.717, 1.165) is 0 Å². The van der Waals surface area contributed by atoms with Crippen LogP contribution in [-0.4, -0.2) is 49.0 Å². The van der Waals surface area contributed by atoms with Crippen LogP contribution in [0.2, 0.25) is 10.0 Å². The second kappa shape index (κ2) is 12.0. The van der Waals surface area contributed by atoms with Crippen molar-refractivity contribution in [1.82, 2.24) is 15.1 Å². The molecule has 4 amide bonds. The zero-order valence-corrected chi connectivity index (χ0v) is 27.3. The van der Waals surface area contributed by atoms with Crippen molar-refractivity contribution in [2.45, 2.75) is 36.8 Å². The number of alkyl halides is 3.